The molecule has 0 aromatic heterocycles. The summed E-state index contributed by atoms with van der Waals surface area (Å²) in [6, 6.07) is 1.78. The lowest BCUT2D eigenvalue weighted by Gasteiger charge is -2.23. The number of nitrogen functional groups attached to an aromatic ring is 1. The number of hydrogen-bond donors (Lipinski definition) is 2. The van der Waals surface area contributed by atoms with Crippen LogP contribution in [0.15, 0.2) is 18.2 Å². The highest BCUT2D eigenvalue weighted by Crippen LogP contribution is 2.47. The molecule has 0 atom stereocenters. The van der Waals surface area contributed by atoms with Gasteiger partial charge in [-0.05, 0) is 17.7 Å². The Hall–Kier alpha value is -1.60. The Bertz CT molecular complexity index is 377. The van der Waals surface area contributed by atoms with E-state index in [0.717, 1.165) is 6.07 Å². The Morgan fingerprint density at radius 3 is 1.76 bits per heavy atom. The van der Waals surface area contributed by atoms with Gasteiger partial charge in [-0.2, -0.15) is 26.3 Å². The number of hydrogen-bond acceptors (Lipinski definition) is 2. The second-order valence-electron chi connectivity index (χ2n) is 3.37. The van der Waals surface area contributed by atoms with Gasteiger partial charge in [-0.1, -0.05) is 0 Å². The van der Waals surface area contributed by atoms with Gasteiger partial charge in [0.05, 0.1) is 0 Å². The number of aromatic hydroxyl groups is 1. The molecule has 0 radical (unpaired) electrons. The van der Waals surface area contributed by atoms with Crippen molar-refractivity contribution in [1.82, 2.24) is 0 Å². The van der Waals surface area contributed by atoms with Crippen LogP contribution in [0.2, 0.25) is 0 Å². The second-order valence-corrected chi connectivity index (χ2v) is 3.37. The SMILES string of the molecule is Nc1cc(O)cc(C(C(F)(F)F)C(F)(F)F)c1. The number of benzene rings is 1. The Morgan fingerprint density at radius 2 is 1.41 bits per heavy atom. The lowest BCUT2D eigenvalue weighted by atomic mass is 9.97. The van der Waals surface area contributed by atoms with E-state index in [1.165, 1.54) is 0 Å². The van der Waals surface area contributed by atoms with E-state index in [2.05, 4.69) is 0 Å². The number of anilines is 1. The topological polar surface area (TPSA) is 46.2 Å². The van der Waals surface area contributed by atoms with E-state index in [0.29, 0.717) is 12.1 Å². The summed E-state index contributed by atoms with van der Waals surface area (Å²) in [6.07, 6.45) is -11.0. The average molecular weight is 259 g/mol. The van der Waals surface area contributed by atoms with Crippen molar-refractivity contribution in [2.24, 2.45) is 0 Å². The van der Waals surface area contributed by atoms with Crippen LogP contribution in [0.3, 0.4) is 0 Å². The smallest absolute Gasteiger partial charge is 0.404 e. The van der Waals surface area contributed by atoms with Crippen LogP contribution in [0.25, 0.3) is 0 Å². The van der Waals surface area contributed by atoms with Crippen LogP contribution in [-0.2, 0) is 0 Å². The third-order valence-corrected chi connectivity index (χ3v) is 1.95. The first-order valence-corrected chi connectivity index (χ1v) is 4.24. The van der Waals surface area contributed by atoms with Crippen LogP contribution in [-0.4, -0.2) is 17.5 Å². The minimum absolute atomic E-state index is 0.376. The van der Waals surface area contributed by atoms with Crippen molar-refractivity contribution in [3.8, 4) is 5.75 Å². The van der Waals surface area contributed by atoms with Crippen molar-refractivity contribution in [2.75, 3.05) is 5.73 Å². The van der Waals surface area contributed by atoms with Crippen molar-refractivity contribution >= 4 is 5.69 Å². The standard InChI is InChI=1S/C9H7F6NO/c10-8(11,12)7(9(13,14)15)4-1-5(16)3-6(17)2-4/h1-3,7,17H,16H2. The maximum absolute atomic E-state index is 12.3. The molecule has 1 aromatic carbocycles. The predicted octanol–water partition coefficient (Wildman–Crippen LogP) is 3.18. The minimum Gasteiger partial charge on any atom is -0.508 e. The van der Waals surface area contributed by atoms with E-state index in [4.69, 9.17) is 10.8 Å². The molecule has 0 bridgehead atoms. The second kappa shape index (κ2) is 4.01. The number of rotatable bonds is 1. The molecule has 0 saturated heterocycles. The third kappa shape index (κ3) is 3.18. The van der Waals surface area contributed by atoms with Crippen LogP contribution in [0, 0.1) is 0 Å². The Labute approximate surface area is 91.7 Å². The van der Waals surface area contributed by atoms with Gasteiger partial charge in [0.15, 0.2) is 5.92 Å². The summed E-state index contributed by atoms with van der Waals surface area (Å²) in [6.45, 7) is 0. The Balaban J connectivity index is 3.33. The van der Waals surface area contributed by atoms with E-state index >= 15 is 0 Å². The van der Waals surface area contributed by atoms with Gasteiger partial charge in [-0.3, -0.25) is 0 Å². The first kappa shape index (κ1) is 13.5. The van der Waals surface area contributed by atoms with E-state index in [1.807, 2.05) is 0 Å². The molecule has 0 aliphatic heterocycles. The maximum Gasteiger partial charge on any atom is 0.404 e. The minimum atomic E-state index is -5.50. The average Bonchev–Trinajstić information content (AvgIpc) is 1.93. The predicted molar refractivity (Wildman–Crippen MR) is 47.4 cm³/mol. The number of phenolic OH excluding ortho intramolecular Hbond substituents is 1. The van der Waals surface area contributed by atoms with Gasteiger partial charge < -0.3 is 10.8 Å². The van der Waals surface area contributed by atoms with Crippen LogP contribution in [0.5, 0.6) is 5.75 Å². The summed E-state index contributed by atoms with van der Waals surface area (Å²) < 4.78 is 73.9. The van der Waals surface area contributed by atoms with Crippen molar-refractivity contribution < 1.29 is 31.4 Å². The van der Waals surface area contributed by atoms with Gasteiger partial charge in [0, 0.05) is 11.8 Å². The van der Waals surface area contributed by atoms with E-state index in [-0.39, 0.29) is 5.69 Å². The summed E-state index contributed by atoms with van der Waals surface area (Å²) in [5.74, 6) is -4.41. The highest BCUT2D eigenvalue weighted by molar-refractivity contribution is 5.48. The quantitative estimate of drug-likeness (QED) is 0.601. The zero-order valence-electron chi connectivity index (χ0n) is 8.10. The lowest BCUT2D eigenvalue weighted by Crippen LogP contribution is -2.34. The summed E-state index contributed by atoms with van der Waals surface area (Å²) in [5.41, 5.74) is 3.58. The van der Waals surface area contributed by atoms with Crippen LogP contribution >= 0.6 is 0 Å². The molecule has 0 fully saturated rings. The molecule has 1 rings (SSSR count). The molecule has 2 nitrogen and oxygen atoms in total. The molecular formula is C9H7F6NO. The van der Waals surface area contributed by atoms with Gasteiger partial charge >= 0.3 is 12.4 Å². The molecule has 0 unspecified atom stereocenters. The summed E-state index contributed by atoms with van der Waals surface area (Å²) in [7, 11) is 0. The van der Waals surface area contributed by atoms with Crippen LogP contribution < -0.4 is 5.73 Å². The van der Waals surface area contributed by atoms with Crippen LogP contribution in [0.1, 0.15) is 11.5 Å². The van der Waals surface area contributed by atoms with Gasteiger partial charge in [0.2, 0.25) is 0 Å². The summed E-state index contributed by atoms with van der Waals surface area (Å²) in [4.78, 5) is 0. The first-order valence-electron chi connectivity index (χ1n) is 4.24. The number of alkyl halides is 6. The molecule has 3 N–H and O–H groups in total. The summed E-state index contributed by atoms with van der Waals surface area (Å²) >= 11 is 0. The molecular weight excluding hydrogens is 252 g/mol. The molecule has 8 heteroatoms. The number of nitrogens with two attached hydrogens (primary N) is 1. The molecule has 0 amide bonds. The fourth-order valence-corrected chi connectivity index (χ4v) is 1.39. The highest BCUT2D eigenvalue weighted by atomic mass is 19.4. The molecule has 0 spiro atoms. The molecule has 96 valence electrons. The molecule has 0 aliphatic rings. The largest absolute Gasteiger partial charge is 0.508 e. The van der Waals surface area contributed by atoms with Crippen molar-refractivity contribution in [1.29, 1.82) is 0 Å². The lowest BCUT2D eigenvalue weighted by molar-refractivity contribution is -0.253. The van der Waals surface area contributed by atoms with Crippen molar-refractivity contribution in [3.63, 3.8) is 0 Å². The van der Waals surface area contributed by atoms with Crippen molar-refractivity contribution in [2.45, 2.75) is 18.3 Å². The molecule has 0 aliphatic carbocycles. The highest BCUT2D eigenvalue weighted by Gasteiger charge is 2.57. The third-order valence-electron chi connectivity index (χ3n) is 1.95. The monoisotopic (exact) mass is 259 g/mol. The zero-order valence-corrected chi connectivity index (χ0v) is 8.10. The first-order chi connectivity index (χ1) is 7.51. The normalized spacial score (nSPS) is 13.1. The number of phenols is 1. The Morgan fingerprint density at radius 1 is 0.941 bits per heavy atom. The van der Waals surface area contributed by atoms with E-state index in [1.54, 1.807) is 0 Å². The fourth-order valence-electron chi connectivity index (χ4n) is 1.39. The van der Waals surface area contributed by atoms with Gasteiger partial charge in [-0.15, -0.1) is 0 Å². The maximum atomic E-state index is 12.3. The fraction of sp³-hybridized carbons (Fsp3) is 0.333. The Kier molecular flexibility index (Phi) is 3.17. The van der Waals surface area contributed by atoms with Gasteiger partial charge in [0.25, 0.3) is 0 Å². The molecule has 1 aromatic rings. The van der Waals surface area contributed by atoms with E-state index in [9.17, 15) is 26.3 Å². The van der Waals surface area contributed by atoms with Gasteiger partial charge in [-0.25, -0.2) is 0 Å². The van der Waals surface area contributed by atoms with Crippen LogP contribution in [0.4, 0.5) is 32.0 Å². The van der Waals surface area contributed by atoms with Gasteiger partial charge in [0.1, 0.15) is 5.75 Å². The van der Waals surface area contributed by atoms with E-state index < -0.39 is 29.6 Å². The number of halogens is 6. The van der Waals surface area contributed by atoms with Crippen molar-refractivity contribution in [3.05, 3.63) is 23.8 Å². The molecule has 17 heavy (non-hydrogen) atoms. The summed E-state index contributed by atoms with van der Waals surface area (Å²) in [5, 5.41) is 8.96. The molecule has 0 heterocycles. The zero-order chi connectivity index (χ0) is 13.4. The molecule has 0 saturated carbocycles.